The SMILES string of the molecule is CCCNC(=NC)NCc1c(O)ccc2c1CCCC2. The molecular weight excluding hydrogens is 250 g/mol. The first-order valence-electron chi connectivity index (χ1n) is 7.53. The van der Waals surface area contributed by atoms with Gasteiger partial charge >= 0.3 is 0 Å². The van der Waals surface area contributed by atoms with E-state index in [2.05, 4.69) is 28.6 Å². The highest BCUT2D eigenvalue weighted by Gasteiger charge is 2.16. The minimum atomic E-state index is 0.393. The van der Waals surface area contributed by atoms with Gasteiger partial charge in [0, 0.05) is 25.7 Å². The van der Waals surface area contributed by atoms with Crippen molar-refractivity contribution >= 4 is 5.96 Å². The van der Waals surface area contributed by atoms with Crippen molar-refractivity contribution in [3.8, 4) is 5.75 Å². The number of nitrogens with zero attached hydrogens (tertiary/aromatic N) is 1. The highest BCUT2D eigenvalue weighted by Crippen LogP contribution is 2.30. The molecule has 0 atom stereocenters. The highest BCUT2D eigenvalue weighted by atomic mass is 16.3. The van der Waals surface area contributed by atoms with Crippen LogP contribution in [0, 0.1) is 0 Å². The number of hydrogen-bond acceptors (Lipinski definition) is 2. The molecule has 0 aliphatic heterocycles. The van der Waals surface area contributed by atoms with E-state index in [0.717, 1.165) is 37.3 Å². The Morgan fingerprint density at radius 3 is 2.80 bits per heavy atom. The lowest BCUT2D eigenvalue weighted by Gasteiger charge is -2.21. The van der Waals surface area contributed by atoms with Crippen molar-refractivity contribution < 1.29 is 5.11 Å². The molecule has 0 aromatic heterocycles. The number of nitrogens with one attached hydrogen (secondary N) is 2. The van der Waals surface area contributed by atoms with Crippen molar-refractivity contribution in [2.45, 2.75) is 45.6 Å². The predicted molar refractivity (Wildman–Crippen MR) is 83.2 cm³/mol. The molecule has 4 heteroatoms. The number of aromatic hydroxyl groups is 1. The summed E-state index contributed by atoms with van der Waals surface area (Å²) < 4.78 is 0. The van der Waals surface area contributed by atoms with E-state index in [9.17, 15) is 5.11 Å². The lowest BCUT2D eigenvalue weighted by Crippen LogP contribution is -2.37. The Balaban J connectivity index is 2.09. The Hall–Kier alpha value is -1.71. The van der Waals surface area contributed by atoms with E-state index in [0.29, 0.717) is 12.3 Å². The average molecular weight is 275 g/mol. The smallest absolute Gasteiger partial charge is 0.191 e. The zero-order valence-electron chi connectivity index (χ0n) is 12.5. The van der Waals surface area contributed by atoms with E-state index in [1.165, 1.54) is 24.0 Å². The maximum absolute atomic E-state index is 10.1. The molecule has 110 valence electrons. The van der Waals surface area contributed by atoms with Crippen LogP contribution in [0.5, 0.6) is 5.75 Å². The molecule has 1 aromatic rings. The first-order valence-corrected chi connectivity index (χ1v) is 7.53. The number of rotatable bonds is 4. The maximum Gasteiger partial charge on any atom is 0.191 e. The molecule has 0 heterocycles. The van der Waals surface area contributed by atoms with E-state index in [4.69, 9.17) is 0 Å². The molecule has 1 aliphatic rings. The molecule has 0 spiro atoms. The van der Waals surface area contributed by atoms with Crippen molar-refractivity contribution in [2.75, 3.05) is 13.6 Å². The van der Waals surface area contributed by atoms with Gasteiger partial charge in [-0.2, -0.15) is 0 Å². The molecule has 0 amide bonds. The van der Waals surface area contributed by atoms with Gasteiger partial charge in [0.1, 0.15) is 5.75 Å². The van der Waals surface area contributed by atoms with E-state index in [-0.39, 0.29) is 0 Å². The third-order valence-corrected chi connectivity index (χ3v) is 3.83. The Morgan fingerprint density at radius 1 is 1.25 bits per heavy atom. The van der Waals surface area contributed by atoms with Crippen LogP contribution in [0.25, 0.3) is 0 Å². The Morgan fingerprint density at radius 2 is 2.05 bits per heavy atom. The third kappa shape index (κ3) is 3.44. The van der Waals surface area contributed by atoms with Gasteiger partial charge in [-0.15, -0.1) is 0 Å². The first-order chi connectivity index (χ1) is 9.76. The van der Waals surface area contributed by atoms with Gasteiger partial charge in [0.15, 0.2) is 5.96 Å². The molecule has 4 nitrogen and oxygen atoms in total. The normalized spacial score (nSPS) is 14.8. The molecule has 0 saturated carbocycles. The van der Waals surface area contributed by atoms with Crippen LogP contribution < -0.4 is 10.6 Å². The summed E-state index contributed by atoms with van der Waals surface area (Å²) in [5, 5.41) is 16.7. The second-order valence-corrected chi connectivity index (χ2v) is 5.26. The molecule has 2 rings (SSSR count). The summed E-state index contributed by atoms with van der Waals surface area (Å²) >= 11 is 0. The standard InChI is InChI=1S/C16H25N3O/c1-3-10-18-16(17-2)19-11-14-13-7-5-4-6-12(13)8-9-15(14)20/h8-9,20H,3-7,10-11H2,1-2H3,(H2,17,18,19). The number of aryl methyl sites for hydroxylation is 1. The van der Waals surface area contributed by atoms with Crippen LogP contribution in [0.2, 0.25) is 0 Å². The van der Waals surface area contributed by atoms with Crippen LogP contribution in [0.3, 0.4) is 0 Å². The molecule has 0 fully saturated rings. The summed E-state index contributed by atoms with van der Waals surface area (Å²) in [6, 6.07) is 3.89. The Labute approximate surface area is 121 Å². The molecule has 0 radical (unpaired) electrons. The highest BCUT2D eigenvalue weighted by molar-refractivity contribution is 5.79. The number of guanidine groups is 1. The number of aliphatic imine (C=N–C) groups is 1. The third-order valence-electron chi connectivity index (χ3n) is 3.83. The number of phenolic OH excluding ortho intramolecular Hbond substituents is 1. The minimum absolute atomic E-state index is 0.393. The number of hydrogen-bond donors (Lipinski definition) is 3. The van der Waals surface area contributed by atoms with E-state index < -0.39 is 0 Å². The maximum atomic E-state index is 10.1. The fourth-order valence-electron chi connectivity index (χ4n) is 2.73. The zero-order valence-corrected chi connectivity index (χ0v) is 12.5. The van der Waals surface area contributed by atoms with E-state index >= 15 is 0 Å². The summed E-state index contributed by atoms with van der Waals surface area (Å²) in [5.74, 6) is 1.18. The van der Waals surface area contributed by atoms with Crippen molar-refractivity contribution in [1.82, 2.24) is 10.6 Å². The molecule has 0 saturated heterocycles. The lowest BCUT2D eigenvalue weighted by atomic mass is 9.88. The van der Waals surface area contributed by atoms with Crippen molar-refractivity contribution in [2.24, 2.45) is 4.99 Å². The van der Waals surface area contributed by atoms with E-state index in [1.807, 2.05) is 6.07 Å². The summed E-state index contributed by atoms with van der Waals surface area (Å²) in [5.41, 5.74) is 3.75. The predicted octanol–water partition coefficient (Wildman–Crippen LogP) is 2.35. The summed E-state index contributed by atoms with van der Waals surface area (Å²) in [6.07, 6.45) is 5.73. The summed E-state index contributed by atoms with van der Waals surface area (Å²) in [7, 11) is 1.77. The number of benzene rings is 1. The van der Waals surface area contributed by atoms with Crippen LogP contribution >= 0.6 is 0 Å². The van der Waals surface area contributed by atoms with Gasteiger partial charge in [-0.3, -0.25) is 4.99 Å². The van der Waals surface area contributed by atoms with E-state index in [1.54, 1.807) is 7.05 Å². The van der Waals surface area contributed by atoms with Gasteiger partial charge in [0.25, 0.3) is 0 Å². The first kappa shape index (κ1) is 14.7. The van der Waals surface area contributed by atoms with Gasteiger partial charge in [-0.1, -0.05) is 13.0 Å². The van der Waals surface area contributed by atoms with Gasteiger partial charge in [0.2, 0.25) is 0 Å². The van der Waals surface area contributed by atoms with Gasteiger partial charge in [0.05, 0.1) is 0 Å². The fraction of sp³-hybridized carbons (Fsp3) is 0.562. The van der Waals surface area contributed by atoms with Crippen LogP contribution in [0.4, 0.5) is 0 Å². The van der Waals surface area contributed by atoms with Crippen molar-refractivity contribution in [3.05, 3.63) is 28.8 Å². The monoisotopic (exact) mass is 275 g/mol. The molecule has 0 unspecified atom stereocenters. The van der Waals surface area contributed by atoms with Crippen molar-refractivity contribution in [3.63, 3.8) is 0 Å². The van der Waals surface area contributed by atoms with Gasteiger partial charge < -0.3 is 15.7 Å². The van der Waals surface area contributed by atoms with Crippen LogP contribution in [0.15, 0.2) is 17.1 Å². The molecule has 0 bridgehead atoms. The van der Waals surface area contributed by atoms with Crippen molar-refractivity contribution in [1.29, 1.82) is 0 Å². The number of fused-ring (bicyclic) bond motifs is 1. The molecule has 1 aromatic carbocycles. The minimum Gasteiger partial charge on any atom is -0.508 e. The topological polar surface area (TPSA) is 56.7 Å². The molecular formula is C16H25N3O. The average Bonchev–Trinajstić information content (AvgIpc) is 2.49. The quantitative estimate of drug-likeness (QED) is 0.584. The molecule has 3 N–H and O–H groups in total. The summed E-state index contributed by atoms with van der Waals surface area (Å²) in [6.45, 7) is 3.65. The number of phenols is 1. The fourth-order valence-corrected chi connectivity index (χ4v) is 2.73. The zero-order chi connectivity index (χ0) is 14.4. The second kappa shape index (κ2) is 7.17. The van der Waals surface area contributed by atoms with Crippen LogP contribution in [-0.4, -0.2) is 24.7 Å². The summed E-state index contributed by atoms with van der Waals surface area (Å²) in [4.78, 5) is 4.20. The Kier molecular flexibility index (Phi) is 5.27. The molecule has 1 aliphatic carbocycles. The lowest BCUT2D eigenvalue weighted by molar-refractivity contribution is 0.464. The Bertz CT molecular complexity index is 483. The largest absolute Gasteiger partial charge is 0.508 e. The van der Waals surface area contributed by atoms with Gasteiger partial charge in [-0.05, 0) is 49.3 Å². The van der Waals surface area contributed by atoms with Crippen LogP contribution in [0.1, 0.15) is 42.9 Å². The molecule has 20 heavy (non-hydrogen) atoms. The van der Waals surface area contributed by atoms with Gasteiger partial charge in [-0.25, -0.2) is 0 Å². The second-order valence-electron chi connectivity index (χ2n) is 5.26. The van der Waals surface area contributed by atoms with Crippen LogP contribution in [-0.2, 0) is 19.4 Å².